The highest BCUT2D eigenvalue weighted by Gasteiger charge is 2.19. The van der Waals surface area contributed by atoms with Gasteiger partial charge in [0.05, 0.1) is 18.1 Å². The lowest BCUT2D eigenvalue weighted by Crippen LogP contribution is -2.18. The molecule has 18 heavy (non-hydrogen) atoms. The van der Waals surface area contributed by atoms with Crippen molar-refractivity contribution in [3.05, 3.63) is 30.1 Å². The number of sulfonamides is 1. The molecule has 2 heterocycles. The molecular weight excluding hydrogens is 254 g/mol. The Kier molecular flexibility index (Phi) is 2.95. The maximum Gasteiger partial charge on any atom is 0.280 e. The van der Waals surface area contributed by atoms with Gasteiger partial charge in [-0.05, 0) is 24.6 Å². The van der Waals surface area contributed by atoms with Crippen LogP contribution in [0, 0.1) is 6.92 Å². The first-order valence-corrected chi connectivity index (χ1v) is 6.61. The molecule has 2 aromatic heterocycles. The zero-order chi connectivity index (χ0) is 13.3. The minimum Gasteiger partial charge on any atom is -0.397 e. The fourth-order valence-corrected chi connectivity index (χ4v) is 2.72. The van der Waals surface area contributed by atoms with Gasteiger partial charge in [-0.2, -0.15) is 13.5 Å². The Morgan fingerprint density at radius 3 is 2.72 bits per heavy atom. The van der Waals surface area contributed by atoms with Crippen molar-refractivity contribution >= 4 is 21.5 Å². The molecule has 2 aromatic rings. The number of nitrogen functional groups attached to an aromatic ring is 1. The molecule has 7 nitrogen and oxygen atoms in total. The molecule has 0 atom stereocenters. The van der Waals surface area contributed by atoms with Crippen LogP contribution in [0.3, 0.4) is 0 Å². The van der Waals surface area contributed by atoms with Gasteiger partial charge in [0.1, 0.15) is 5.82 Å². The second-order valence-electron chi connectivity index (χ2n) is 3.83. The summed E-state index contributed by atoms with van der Waals surface area (Å²) in [6, 6.07) is 3.06. The van der Waals surface area contributed by atoms with E-state index in [2.05, 4.69) is 14.8 Å². The Bertz CT molecular complexity index is 677. The van der Waals surface area contributed by atoms with Crippen LogP contribution in [-0.2, 0) is 17.1 Å². The van der Waals surface area contributed by atoms with Gasteiger partial charge in [-0.1, -0.05) is 0 Å². The zero-order valence-electron chi connectivity index (χ0n) is 9.95. The van der Waals surface area contributed by atoms with Gasteiger partial charge >= 0.3 is 0 Å². The fourth-order valence-electron chi connectivity index (χ4n) is 1.51. The van der Waals surface area contributed by atoms with Crippen molar-refractivity contribution in [2.24, 2.45) is 7.05 Å². The monoisotopic (exact) mass is 267 g/mol. The number of aryl methyl sites for hydroxylation is 2. The third-order valence-electron chi connectivity index (χ3n) is 2.38. The Hall–Kier alpha value is -2.09. The Morgan fingerprint density at radius 2 is 2.17 bits per heavy atom. The summed E-state index contributed by atoms with van der Waals surface area (Å²) < 4.78 is 27.8. The number of pyridine rings is 1. The zero-order valence-corrected chi connectivity index (χ0v) is 10.8. The van der Waals surface area contributed by atoms with Crippen molar-refractivity contribution in [3.8, 4) is 0 Å². The lowest BCUT2D eigenvalue weighted by molar-refractivity contribution is 0.582. The first kappa shape index (κ1) is 12.4. The van der Waals surface area contributed by atoms with Crippen molar-refractivity contribution in [3.63, 3.8) is 0 Å². The third-order valence-corrected chi connectivity index (χ3v) is 3.79. The number of nitrogens with zero attached hydrogens (tertiary/aromatic N) is 3. The molecule has 3 N–H and O–H groups in total. The van der Waals surface area contributed by atoms with Crippen LogP contribution in [-0.4, -0.2) is 23.2 Å². The molecule has 0 radical (unpaired) electrons. The average Bonchev–Trinajstić information content (AvgIpc) is 2.69. The lowest BCUT2D eigenvalue weighted by atomic mass is 10.3. The van der Waals surface area contributed by atoms with E-state index in [0.29, 0.717) is 11.3 Å². The van der Waals surface area contributed by atoms with Crippen LogP contribution in [0.4, 0.5) is 11.5 Å². The molecule has 0 amide bonds. The van der Waals surface area contributed by atoms with E-state index in [1.54, 1.807) is 20.0 Å². The molecule has 0 spiro atoms. The second-order valence-corrected chi connectivity index (χ2v) is 5.46. The van der Waals surface area contributed by atoms with E-state index in [0.717, 1.165) is 0 Å². The van der Waals surface area contributed by atoms with Gasteiger partial charge in [0, 0.05) is 7.05 Å². The average molecular weight is 267 g/mol. The largest absolute Gasteiger partial charge is 0.397 e. The smallest absolute Gasteiger partial charge is 0.280 e. The molecule has 0 aromatic carbocycles. The molecular formula is C10H13N5O2S. The van der Waals surface area contributed by atoms with Crippen LogP contribution in [0.25, 0.3) is 0 Å². The van der Waals surface area contributed by atoms with Crippen molar-refractivity contribution < 1.29 is 8.42 Å². The highest BCUT2D eigenvalue weighted by Crippen LogP contribution is 2.18. The van der Waals surface area contributed by atoms with E-state index in [1.165, 1.54) is 23.1 Å². The van der Waals surface area contributed by atoms with Crippen molar-refractivity contribution in [1.82, 2.24) is 14.8 Å². The van der Waals surface area contributed by atoms with Crippen LogP contribution >= 0.6 is 0 Å². The Balaban J connectivity index is 2.37. The predicted octanol–water partition coefficient (Wildman–Crippen LogP) is 0.507. The quantitative estimate of drug-likeness (QED) is 0.843. The summed E-state index contributed by atoms with van der Waals surface area (Å²) in [6.45, 7) is 1.73. The van der Waals surface area contributed by atoms with E-state index in [1.807, 2.05) is 0 Å². The normalized spacial score (nSPS) is 11.4. The number of hydrogen-bond acceptors (Lipinski definition) is 5. The summed E-state index contributed by atoms with van der Waals surface area (Å²) in [6.07, 6.45) is 2.81. The molecule has 0 fully saturated rings. The highest BCUT2D eigenvalue weighted by molar-refractivity contribution is 7.92. The molecule has 2 rings (SSSR count). The van der Waals surface area contributed by atoms with Gasteiger partial charge in [-0.3, -0.25) is 9.40 Å². The standard InChI is InChI=1S/C10H13N5O2S/c1-7-5-8(11)6-12-10(7)14-18(16,17)9-3-4-13-15(9)2/h3-6H,11H2,1-2H3,(H,12,14). The Morgan fingerprint density at radius 1 is 1.44 bits per heavy atom. The van der Waals surface area contributed by atoms with Crippen LogP contribution in [0.5, 0.6) is 0 Å². The van der Waals surface area contributed by atoms with Crippen molar-refractivity contribution in [2.75, 3.05) is 10.5 Å². The molecule has 0 aliphatic carbocycles. The maximum absolute atomic E-state index is 12.1. The van der Waals surface area contributed by atoms with E-state index in [4.69, 9.17) is 5.73 Å². The van der Waals surface area contributed by atoms with E-state index in [-0.39, 0.29) is 10.8 Å². The van der Waals surface area contributed by atoms with Crippen LogP contribution in [0.1, 0.15) is 5.56 Å². The molecule has 0 saturated heterocycles. The number of rotatable bonds is 3. The Labute approximate surface area is 105 Å². The van der Waals surface area contributed by atoms with Crippen LogP contribution in [0.2, 0.25) is 0 Å². The molecule has 0 bridgehead atoms. The fraction of sp³-hybridized carbons (Fsp3) is 0.200. The molecule has 96 valence electrons. The first-order chi connectivity index (χ1) is 8.40. The number of anilines is 2. The third kappa shape index (κ3) is 2.28. The van der Waals surface area contributed by atoms with E-state index >= 15 is 0 Å². The minimum absolute atomic E-state index is 0.0699. The van der Waals surface area contributed by atoms with E-state index < -0.39 is 10.0 Å². The molecule has 0 aliphatic heterocycles. The van der Waals surface area contributed by atoms with Gasteiger partial charge in [-0.25, -0.2) is 4.98 Å². The number of nitrogens with two attached hydrogens (primary N) is 1. The summed E-state index contributed by atoms with van der Waals surface area (Å²) in [5, 5.41) is 3.89. The number of aromatic nitrogens is 3. The van der Waals surface area contributed by atoms with Crippen LogP contribution in [0.15, 0.2) is 29.6 Å². The van der Waals surface area contributed by atoms with Gasteiger partial charge in [-0.15, -0.1) is 0 Å². The second kappa shape index (κ2) is 4.30. The first-order valence-electron chi connectivity index (χ1n) is 5.13. The van der Waals surface area contributed by atoms with Crippen LogP contribution < -0.4 is 10.5 Å². The van der Waals surface area contributed by atoms with Crippen molar-refractivity contribution in [1.29, 1.82) is 0 Å². The summed E-state index contributed by atoms with van der Waals surface area (Å²) >= 11 is 0. The van der Waals surface area contributed by atoms with Gasteiger partial charge in [0.2, 0.25) is 0 Å². The summed E-state index contributed by atoms with van der Waals surface area (Å²) in [5.41, 5.74) is 6.69. The summed E-state index contributed by atoms with van der Waals surface area (Å²) in [5.74, 6) is 0.255. The molecule has 0 aliphatic rings. The van der Waals surface area contributed by atoms with E-state index in [9.17, 15) is 8.42 Å². The maximum atomic E-state index is 12.1. The number of nitrogens with one attached hydrogen (secondary N) is 1. The lowest BCUT2D eigenvalue weighted by Gasteiger charge is -2.09. The van der Waals surface area contributed by atoms with Crippen molar-refractivity contribution in [2.45, 2.75) is 11.9 Å². The summed E-state index contributed by atoms with van der Waals surface area (Å²) in [4.78, 5) is 3.96. The predicted molar refractivity (Wildman–Crippen MR) is 67.4 cm³/mol. The summed E-state index contributed by atoms with van der Waals surface area (Å²) in [7, 11) is -2.14. The molecule has 0 saturated carbocycles. The van der Waals surface area contributed by atoms with Gasteiger partial charge < -0.3 is 5.73 Å². The number of hydrogen-bond donors (Lipinski definition) is 2. The SMILES string of the molecule is Cc1cc(N)cnc1NS(=O)(=O)c1ccnn1C. The van der Waals surface area contributed by atoms with Gasteiger partial charge in [0.15, 0.2) is 5.03 Å². The topological polar surface area (TPSA) is 103 Å². The highest BCUT2D eigenvalue weighted by atomic mass is 32.2. The molecule has 0 unspecified atom stereocenters. The minimum atomic E-state index is -3.69. The molecule has 8 heteroatoms. The van der Waals surface area contributed by atoms with Gasteiger partial charge in [0.25, 0.3) is 10.0 Å².